The Morgan fingerprint density at radius 2 is 1.75 bits per heavy atom. The van der Waals surface area contributed by atoms with E-state index in [2.05, 4.69) is 32.2 Å². The fourth-order valence-electron chi connectivity index (χ4n) is 3.02. The highest BCUT2D eigenvalue weighted by atomic mass is 127. The zero-order valence-corrected chi connectivity index (χ0v) is 18.8. The monoisotopic (exact) mass is 514 g/mol. The molecule has 0 bridgehead atoms. The number of ether oxygens (including phenoxy) is 1. The van der Waals surface area contributed by atoms with E-state index in [0.29, 0.717) is 13.0 Å². The van der Waals surface area contributed by atoms with Crippen LogP contribution in [-0.2, 0) is 0 Å². The van der Waals surface area contributed by atoms with E-state index >= 15 is 0 Å². The van der Waals surface area contributed by atoms with E-state index in [4.69, 9.17) is 4.74 Å². The topological polar surface area (TPSA) is 40.1 Å². The lowest BCUT2D eigenvalue weighted by molar-refractivity contribution is -0.135. The van der Waals surface area contributed by atoms with E-state index in [0.717, 1.165) is 50.1 Å². The smallest absolute Gasteiger partial charge is 0.389 e. The molecule has 1 fully saturated rings. The van der Waals surface area contributed by atoms with E-state index < -0.39 is 12.6 Å². The minimum absolute atomic E-state index is 0. The zero-order valence-electron chi connectivity index (χ0n) is 16.5. The van der Waals surface area contributed by atoms with E-state index in [1.807, 2.05) is 19.1 Å². The summed E-state index contributed by atoms with van der Waals surface area (Å²) in [4.78, 5) is 8.99. The number of unbranched alkanes of at least 4 members (excludes halogenated alkanes) is 1. The molecule has 0 amide bonds. The predicted molar refractivity (Wildman–Crippen MR) is 118 cm³/mol. The molecule has 0 unspecified atom stereocenters. The first-order chi connectivity index (χ1) is 12.9. The van der Waals surface area contributed by atoms with Crippen molar-refractivity contribution in [1.29, 1.82) is 0 Å². The molecule has 0 radical (unpaired) electrons. The quantitative estimate of drug-likeness (QED) is 0.257. The van der Waals surface area contributed by atoms with Gasteiger partial charge in [-0.25, -0.2) is 0 Å². The van der Waals surface area contributed by atoms with Gasteiger partial charge in [-0.15, -0.1) is 24.0 Å². The fourth-order valence-corrected chi connectivity index (χ4v) is 3.02. The number of nitrogens with one attached hydrogen (secondary N) is 1. The van der Waals surface area contributed by atoms with Crippen molar-refractivity contribution in [1.82, 2.24) is 10.2 Å². The first-order valence-corrected chi connectivity index (χ1v) is 9.42. The van der Waals surface area contributed by atoms with Crippen LogP contribution >= 0.6 is 24.0 Å². The Morgan fingerprint density at radius 3 is 2.29 bits per heavy atom. The van der Waals surface area contributed by atoms with Crippen LogP contribution in [-0.4, -0.2) is 63.4 Å². The van der Waals surface area contributed by atoms with Crippen LogP contribution in [0.4, 0.5) is 18.9 Å². The molecule has 1 N–H and O–H groups in total. The maximum absolute atomic E-state index is 12.2. The number of aliphatic imine (C=N–C) groups is 1. The van der Waals surface area contributed by atoms with Gasteiger partial charge in [0.15, 0.2) is 5.96 Å². The van der Waals surface area contributed by atoms with Gasteiger partial charge in [0.2, 0.25) is 0 Å². The number of halogens is 4. The Labute approximate surface area is 182 Å². The van der Waals surface area contributed by atoms with Gasteiger partial charge in [-0.2, -0.15) is 13.2 Å². The van der Waals surface area contributed by atoms with Crippen molar-refractivity contribution in [2.24, 2.45) is 4.99 Å². The maximum atomic E-state index is 12.2. The Bertz CT molecular complexity index is 588. The molecule has 1 aromatic carbocycles. The Balaban J connectivity index is 0.00000392. The summed E-state index contributed by atoms with van der Waals surface area (Å²) in [5.74, 6) is 1.63. The van der Waals surface area contributed by atoms with Crippen molar-refractivity contribution in [3.63, 3.8) is 0 Å². The van der Waals surface area contributed by atoms with Gasteiger partial charge in [-0.3, -0.25) is 4.99 Å². The normalized spacial score (nSPS) is 15.2. The van der Waals surface area contributed by atoms with Crippen molar-refractivity contribution in [3.8, 4) is 5.75 Å². The SMILES string of the molecule is CCNC(=NCCCCC(F)(F)F)N1CCN(c2ccc(OC)cc2)CC1.I. The molecule has 0 spiro atoms. The molecule has 1 heterocycles. The highest BCUT2D eigenvalue weighted by Crippen LogP contribution is 2.22. The number of methoxy groups -OCH3 is 1. The molecular weight excluding hydrogens is 484 g/mol. The van der Waals surface area contributed by atoms with Gasteiger partial charge < -0.3 is 19.9 Å². The van der Waals surface area contributed by atoms with Crippen LogP contribution in [0.15, 0.2) is 29.3 Å². The summed E-state index contributed by atoms with van der Waals surface area (Å²) in [7, 11) is 1.65. The number of benzene rings is 1. The van der Waals surface area contributed by atoms with E-state index in [9.17, 15) is 13.2 Å². The largest absolute Gasteiger partial charge is 0.497 e. The first kappa shape index (κ1) is 24.6. The number of anilines is 1. The minimum Gasteiger partial charge on any atom is -0.497 e. The molecule has 1 aliphatic rings. The van der Waals surface area contributed by atoms with Crippen LogP contribution < -0.4 is 15.0 Å². The summed E-state index contributed by atoms with van der Waals surface area (Å²) < 4.78 is 41.8. The van der Waals surface area contributed by atoms with Crippen LogP contribution in [0, 0.1) is 0 Å². The van der Waals surface area contributed by atoms with Gasteiger partial charge >= 0.3 is 6.18 Å². The Hall–Kier alpha value is -1.39. The second kappa shape index (κ2) is 12.2. The second-order valence-electron chi connectivity index (χ2n) is 6.48. The Morgan fingerprint density at radius 1 is 1.11 bits per heavy atom. The van der Waals surface area contributed by atoms with E-state index in [1.165, 1.54) is 0 Å². The van der Waals surface area contributed by atoms with E-state index in [1.54, 1.807) is 7.11 Å². The number of alkyl halides is 3. The predicted octanol–water partition coefficient (Wildman–Crippen LogP) is 4.13. The molecule has 0 aliphatic carbocycles. The Kier molecular flexibility index (Phi) is 10.8. The molecule has 5 nitrogen and oxygen atoms in total. The zero-order chi connectivity index (χ0) is 19.7. The van der Waals surface area contributed by atoms with Gasteiger partial charge in [0, 0.05) is 51.4 Å². The van der Waals surface area contributed by atoms with Crippen molar-refractivity contribution in [2.45, 2.75) is 32.4 Å². The lowest BCUT2D eigenvalue weighted by atomic mass is 10.2. The number of piperazine rings is 1. The molecule has 1 aromatic rings. The second-order valence-corrected chi connectivity index (χ2v) is 6.48. The number of rotatable bonds is 7. The van der Waals surface area contributed by atoms with Crippen LogP contribution in [0.25, 0.3) is 0 Å². The summed E-state index contributed by atoms with van der Waals surface area (Å²) in [5.41, 5.74) is 1.16. The summed E-state index contributed by atoms with van der Waals surface area (Å²) in [6, 6.07) is 8.01. The molecule has 160 valence electrons. The molecular formula is C19H30F3IN4O. The van der Waals surface area contributed by atoms with Crippen molar-refractivity contribution >= 4 is 35.6 Å². The molecule has 0 saturated carbocycles. The van der Waals surface area contributed by atoms with Gasteiger partial charge in [-0.1, -0.05) is 0 Å². The average Bonchev–Trinajstić information content (AvgIpc) is 2.66. The lowest BCUT2D eigenvalue weighted by Crippen LogP contribution is -2.52. The fraction of sp³-hybridized carbons (Fsp3) is 0.632. The van der Waals surface area contributed by atoms with Gasteiger partial charge in [0.05, 0.1) is 7.11 Å². The molecule has 0 aromatic heterocycles. The third kappa shape index (κ3) is 8.32. The number of hydrogen-bond donors (Lipinski definition) is 1. The van der Waals surface area contributed by atoms with Gasteiger partial charge in [0.1, 0.15) is 5.75 Å². The third-order valence-corrected chi connectivity index (χ3v) is 4.48. The highest BCUT2D eigenvalue weighted by Gasteiger charge is 2.25. The van der Waals surface area contributed by atoms with Crippen LogP contribution in [0.2, 0.25) is 0 Å². The van der Waals surface area contributed by atoms with Crippen LogP contribution in [0.3, 0.4) is 0 Å². The third-order valence-electron chi connectivity index (χ3n) is 4.48. The summed E-state index contributed by atoms with van der Waals surface area (Å²) in [6.07, 6.45) is -4.25. The van der Waals surface area contributed by atoms with Crippen LogP contribution in [0.1, 0.15) is 26.2 Å². The van der Waals surface area contributed by atoms with Crippen molar-refractivity contribution in [2.75, 3.05) is 51.3 Å². The summed E-state index contributed by atoms with van der Waals surface area (Å²) in [6.45, 7) is 6.51. The molecule has 1 saturated heterocycles. The molecule has 28 heavy (non-hydrogen) atoms. The summed E-state index contributed by atoms with van der Waals surface area (Å²) >= 11 is 0. The number of guanidine groups is 1. The van der Waals surface area contributed by atoms with Crippen LogP contribution in [0.5, 0.6) is 5.75 Å². The number of hydrogen-bond acceptors (Lipinski definition) is 3. The average molecular weight is 514 g/mol. The lowest BCUT2D eigenvalue weighted by Gasteiger charge is -2.37. The van der Waals surface area contributed by atoms with Crippen molar-refractivity contribution in [3.05, 3.63) is 24.3 Å². The van der Waals surface area contributed by atoms with Crippen molar-refractivity contribution < 1.29 is 17.9 Å². The highest BCUT2D eigenvalue weighted by molar-refractivity contribution is 14.0. The standard InChI is InChI=1S/C19H29F3N4O.HI/c1-3-23-18(24-11-5-4-10-19(20,21)22)26-14-12-25(13-15-26)16-6-8-17(27-2)9-7-16;/h6-9H,3-5,10-15H2,1-2H3,(H,23,24);1H. The molecule has 1 aliphatic heterocycles. The summed E-state index contributed by atoms with van der Waals surface area (Å²) in [5, 5.41) is 3.25. The molecule has 2 rings (SSSR count). The molecule has 0 atom stereocenters. The maximum Gasteiger partial charge on any atom is 0.389 e. The van der Waals surface area contributed by atoms with E-state index in [-0.39, 0.29) is 30.4 Å². The number of nitrogens with zero attached hydrogens (tertiary/aromatic N) is 3. The van der Waals surface area contributed by atoms with Gasteiger partial charge in [-0.05, 0) is 44.0 Å². The first-order valence-electron chi connectivity index (χ1n) is 9.42. The molecule has 9 heteroatoms. The minimum atomic E-state index is -4.08. The van der Waals surface area contributed by atoms with Gasteiger partial charge in [0.25, 0.3) is 0 Å².